The van der Waals surface area contributed by atoms with Crippen LogP contribution in [0.3, 0.4) is 0 Å². The van der Waals surface area contributed by atoms with E-state index in [-0.39, 0.29) is 11.8 Å². The second-order valence-electron chi connectivity index (χ2n) is 5.06. The van der Waals surface area contributed by atoms with Gasteiger partial charge in [0.1, 0.15) is 0 Å². The van der Waals surface area contributed by atoms with Crippen molar-refractivity contribution in [1.82, 2.24) is 5.32 Å². The molecule has 0 spiro atoms. The van der Waals surface area contributed by atoms with E-state index in [1.165, 1.54) is 5.56 Å². The average molecular weight is 251 g/mol. The van der Waals surface area contributed by atoms with Crippen LogP contribution in [0.15, 0.2) is 60.7 Å². The largest absolute Gasteiger partial charge is 0.352 e. The molecular formula is C17H17NO. The second-order valence-corrected chi connectivity index (χ2v) is 5.06. The van der Waals surface area contributed by atoms with E-state index < -0.39 is 0 Å². The molecule has 0 unspecified atom stereocenters. The molecule has 1 amide bonds. The highest BCUT2D eigenvalue weighted by Crippen LogP contribution is 2.47. The predicted octanol–water partition coefficient (Wildman–Crippen LogP) is 3.11. The van der Waals surface area contributed by atoms with E-state index in [1.54, 1.807) is 0 Å². The van der Waals surface area contributed by atoms with Gasteiger partial charge in [-0.3, -0.25) is 4.79 Å². The monoisotopic (exact) mass is 251 g/mol. The van der Waals surface area contributed by atoms with Gasteiger partial charge in [0.05, 0.1) is 0 Å². The van der Waals surface area contributed by atoms with Crippen LogP contribution in [0.5, 0.6) is 0 Å². The third-order valence-corrected chi connectivity index (χ3v) is 3.66. The Balaban J connectivity index is 1.53. The van der Waals surface area contributed by atoms with Gasteiger partial charge in [0, 0.05) is 12.5 Å². The van der Waals surface area contributed by atoms with Crippen LogP contribution in [0.25, 0.3) is 0 Å². The van der Waals surface area contributed by atoms with Crippen LogP contribution in [0.4, 0.5) is 0 Å². The zero-order valence-corrected chi connectivity index (χ0v) is 10.8. The Hall–Kier alpha value is -2.09. The summed E-state index contributed by atoms with van der Waals surface area (Å²) in [6.45, 7) is 0.623. The van der Waals surface area contributed by atoms with Crippen molar-refractivity contribution in [3.05, 3.63) is 71.8 Å². The van der Waals surface area contributed by atoms with Gasteiger partial charge in [-0.1, -0.05) is 60.7 Å². The summed E-state index contributed by atoms with van der Waals surface area (Å²) >= 11 is 0. The average Bonchev–Trinajstić information content (AvgIpc) is 3.27. The Morgan fingerprint density at radius 1 is 1.00 bits per heavy atom. The van der Waals surface area contributed by atoms with Crippen LogP contribution in [-0.4, -0.2) is 5.91 Å². The molecule has 1 aliphatic rings. The number of carbonyl (C=O) groups excluding carboxylic acids is 1. The molecule has 96 valence electrons. The lowest BCUT2D eigenvalue weighted by molar-refractivity contribution is -0.122. The van der Waals surface area contributed by atoms with Gasteiger partial charge in [-0.05, 0) is 23.5 Å². The quantitative estimate of drug-likeness (QED) is 0.888. The highest BCUT2D eigenvalue weighted by atomic mass is 16.2. The summed E-state index contributed by atoms with van der Waals surface area (Å²) in [6.07, 6.45) is 0.977. The number of nitrogens with one attached hydrogen (secondary N) is 1. The van der Waals surface area contributed by atoms with E-state index in [0.29, 0.717) is 12.5 Å². The molecule has 0 aromatic heterocycles. The fourth-order valence-electron chi connectivity index (χ4n) is 2.47. The number of rotatable bonds is 4. The van der Waals surface area contributed by atoms with Crippen molar-refractivity contribution < 1.29 is 4.79 Å². The van der Waals surface area contributed by atoms with Crippen LogP contribution in [0.2, 0.25) is 0 Å². The molecule has 0 aliphatic heterocycles. The molecule has 2 aromatic carbocycles. The maximum Gasteiger partial charge on any atom is 0.224 e. The molecule has 1 saturated carbocycles. The molecule has 1 aliphatic carbocycles. The van der Waals surface area contributed by atoms with Gasteiger partial charge < -0.3 is 5.32 Å². The van der Waals surface area contributed by atoms with Gasteiger partial charge in [-0.15, -0.1) is 0 Å². The molecule has 2 nitrogen and oxygen atoms in total. The Labute approximate surface area is 113 Å². The first-order valence-electron chi connectivity index (χ1n) is 6.71. The van der Waals surface area contributed by atoms with Crippen LogP contribution in [-0.2, 0) is 11.3 Å². The van der Waals surface area contributed by atoms with Gasteiger partial charge in [0.25, 0.3) is 0 Å². The first kappa shape index (κ1) is 12.0. The summed E-state index contributed by atoms with van der Waals surface area (Å²) < 4.78 is 0. The molecule has 3 rings (SSSR count). The van der Waals surface area contributed by atoms with Crippen molar-refractivity contribution in [3.8, 4) is 0 Å². The zero-order chi connectivity index (χ0) is 13.1. The van der Waals surface area contributed by atoms with Gasteiger partial charge in [0.15, 0.2) is 0 Å². The number of hydrogen-bond donors (Lipinski definition) is 1. The van der Waals surface area contributed by atoms with Crippen LogP contribution in [0, 0.1) is 5.92 Å². The number of benzene rings is 2. The first-order valence-corrected chi connectivity index (χ1v) is 6.71. The van der Waals surface area contributed by atoms with Crippen molar-refractivity contribution in [1.29, 1.82) is 0 Å². The third-order valence-electron chi connectivity index (χ3n) is 3.66. The summed E-state index contributed by atoms with van der Waals surface area (Å²) in [6, 6.07) is 20.3. The predicted molar refractivity (Wildman–Crippen MR) is 75.6 cm³/mol. The van der Waals surface area contributed by atoms with Gasteiger partial charge in [-0.2, -0.15) is 0 Å². The Bertz CT molecular complexity index is 550. The standard InChI is InChI=1S/C17H17NO/c19-17(18-12-13-7-3-1-4-8-13)16-11-15(16)14-9-5-2-6-10-14/h1-10,15-16H,11-12H2,(H,18,19)/t15-,16+/m1/s1. The SMILES string of the molecule is O=C(NCc1ccccc1)[C@H]1C[C@@H]1c1ccccc1. The van der Waals surface area contributed by atoms with Crippen LogP contribution >= 0.6 is 0 Å². The van der Waals surface area contributed by atoms with Crippen LogP contribution in [0.1, 0.15) is 23.5 Å². The highest BCUT2D eigenvalue weighted by molar-refractivity contribution is 5.82. The number of amides is 1. The normalized spacial score (nSPS) is 20.8. The van der Waals surface area contributed by atoms with E-state index in [2.05, 4.69) is 17.4 Å². The minimum atomic E-state index is 0.158. The van der Waals surface area contributed by atoms with E-state index >= 15 is 0 Å². The zero-order valence-electron chi connectivity index (χ0n) is 10.8. The lowest BCUT2D eigenvalue weighted by Crippen LogP contribution is -2.24. The summed E-state index contributed by atoms with van der Waals surface area (Å²) in [5.41, 5.74) is 2.43. The summed E-state index contributed by atoms with van der Waals surface area (Å²) in [5, 5.41) is 3.02. The highest BCUT2D eigenvalue weighted by Gasteiger charge is 2.43. The molecule has 2 heteroatoms. The van der Waals surface area contributed by atoms with Crippen molar-refractivity contribution in [2.45, 2.75) is 18.9 Å². The molecule has 2 aromatic rings. The topological polar surface area (TPSA) is 29.1 Å². The van der Waals surface area contributed by atoms with Crippen molar-refractivity contribution in [2.24, 2.45) is 5.92 Å². The lowest BCUT2D eigenvalue weighted by Gasteiger charge is -2.05. The molecule has 0 bridgehead atoms. The van der Waals surface area contributed by atoms with E-state index in [4.69, 9.17) is 0 Å². The minimum Gasteiger partial charge on any atom is -0.352 e. The summed E-state index contributed by atoms with van der Waals surface area (Å²) in [5.74, 6) is 0.751. The van der Waals surface area contributed by atoms with Gasteiger partial charge in [-0.25, -0.2) is 0 Å². The molecule has 2 atom stereocenters. The summed E-state index contributed by atoms with van der Waals surface area (Å²) in [4.78, 5) is 12.1. The van der Waals surface area contributed by atoms with E-state index in [0.717, 1.165) is 12.0 Å². The number of carbonyl (C=O) groups is 1. The Kier molecular flexibility index (Phi) is 3.32. The Morgan fingerprint density at radius 2 is 1.63 bits per heavy atom. The molecule has 1 fully saturated rings. The van der Waals surface area contributed by atoms with Crippen molar-refractivity contribution in [2.75, 3.05) is 0 Å². The fourth-order valence-corrected chi connectivity index (χ4v) is 2.47. The van der Waals surface area contributed by atoms with Crippen molar-refractivity contribution in [3.63, 3.8) is 0 Å². The Morgan fingerprint density at radius 3 is 2.32 bits per heavy atom. The van der Waals surface area contributed by atoms with E-state index in [1.807, 2.05) is 48.5 Å². The maximum absolute atomic E-state index is 12.1. The smallest absolute Gasteiger partial charge is 0.224 e. The molecule has 0 heterocycles. The molecule has 0 radical (unpaired) electrons. The van der Waals surface area contributed by atoms with E-state index in [9.17, 15) is 4.79 Å². The first-order chi connectivity index (χ1) is 9.34. The van der Waals surface area contributed by atoms with Crippen LogP contribution < -0.4 is 5.32 Å². The third kappa shape index (κ3) is 2.84. The second kappa shape index (κ2) is 5.27. The summed E-state index contributed by atoms with van der Waals surface area (Å²) in [7, 11) is 0. The minimum absolute atomic E-state index is 0.158. The molecule has 1 N–H and O–H groups in total. The maximum atomic E-state index is 12.1. The number of hydrogen-bond acceptors (Lipinski definition) is 1. The van der Waals surface area contributed by atoms with Crippen molar-refractivity contribution >= 4 is 5.91 Å². The van der Waals surface area contributed by atoms with Gasteiger partial charge >= 0.3 is 0 Å². The fraction of sp³-hybridized carbons (Fsp3) is 0.235. The molecule has 0 saturated heterocycles. The lowest BCUT2D eigenvalue weighted by atomic mass is 10.1. The van der Waals surface area contributed by atoms with Gasteiger partial charge in [0.2, 0.25) is 5.91 Å². The molecule has 19 heavy (non-hydrogen) atoms. The molecular weight excluding hydrogens is 234 g/mol.